The number of hydrogen-bond acceptors (Lipinski definition) is 1. The van der Waals surface area contributed by atoms with E-state index < -0.39 is 0 Å². The molecule has 1 heterocycles. The smallest absolute Gasteiger partial charge is 0.253 e. The summed E-state index contributed by atoms with van der Waals surface area (Å²) in [5.74, 6) is 5.75. The Morgan fingerprint density at radius 2 is 2.29 bits per heavy atom. The number of hydrogen-bond donors (Lipinski definition) is 0. The summed E-state index contributed by atoms with van der Waals surface area (Å²) in [6.07, 6.45) is 2.51. The van der Waals surface area contributed by atoms with Crippen LogP contribution in [-0.4, -0.2) is 4.57 Å². The highest BCUT2D eigenvalue weighted by molar-refractivity contribution is 9.10. The second-order valence-corrected chi connectivity index (χ2v) is 3.93. The molecule has 0 fully saturated rings. The summed E-state index contributed by atoms with van der Waals surface area (Å²) in [6.45, 7) is 4.27. The van der Waals surface area contributed by atoms with Crippen LogP contribution in [0.5, 0.6) is 0 Å². The SMILES string of the molecule is CC#CCCn1cc(Br)cc(C)c1=O. The standard InChI is InChI=1S/C11H12BrNO/c1-3-4-5-6-13-8-10(12)7-9(2)11(13)14/h7-8H,5-6H2,1-2H3. The van der Waals surface area contributed by atoms with Gasteiger partial charge in [0.15, 0.2) is 0 Å². The Kier molecular flexibility index (Phi) is 3.97. The Morgan fingerprint density at radius 3 is 2.93 bits per heavy atom. The van der Waals surface area contributed by atoms with Gasteiger partial charge >= 0.3 is 0 Å². The molecule has 0 bridgehead atoms. The van der Waals surface area contributed by atoms with Crippen molar-refractivity contribution >= 4 is 15.9 Å². The molecular formula is C11H12BrNO. The molecule has 0 aliphatic heterocycles. The third kappa shape index (κ3) is 2.74. The van der Waals surface area contributed by atoms with Gasteiger partial charge in [0.25, 0.3) is 5.56 Å². The van der Waals surface area contributed by atoms with Gasteiger partial charge in [-0.3, -0.25) is 4.79 Å². The molecule has 2 nitrogen and oxygen atoms in total. The molecule has 0 aliphatic rings. The lowest BCUT2D eigenvalue weighted by Crippen LogP contribution is -2.21. The van der Waals surface area contributed by atoms with Crippen molar-refractivity contribution in [2.75, 3.05) is 0 Å². The molecule has 0 unspecified atom stereocenters. The maximum atomic E-state index is 11.6. The van der Waals surface area contributed by atoms with Crippen molar-refractivity contribution < 1.29 is 0 Å². The quantitative estimate of drug-likeness (QED) is 0.742. The Hall–Kier alpha value is -1.01. The number of nitrogens with zero attached hydrogens (tertiary/aromatic N) is 1. The van der Waals surface area contributed by atoms with Crippen molar-refractivity contribution in [3.05, 3.63) is 32.7 Å². The Labute approximate surface area is 92.1 Å². The maximum absolute atomic E-state index is 11.6. The molecule has 0 atom stereocenters. The number of rotatable bonds is 2. The first kappa shape index (κ1) is 11.1. The van der Waals surface area contributed by atoms with Crippen LogP contribution in [0.3, 0.4) is 0 Å². The minimum absolute atomic E-state index is 0.0612. The molecule has 0 spiro atoms. The van der Waals surface area contributed by atoms with E-state index in [1.54, 1.807) is 17.7 Å². The van der Waals surface area contributed by atoms with Crippen LogP contribution < -0.4 is 5.56 Å². The summed E-state index contributed by atoms with van der Waals surface area (Å²) >= 11 is 3.36. The highest BCUT2D eigenvalue weighted by atomic mass is 79.9. The zero-order chi connectivity index (χ0) is 10.6. The van der Waals surface area contributed by atoms with Gasteiger partial charge in [0.2, 0.25) is 0 Å². The third-order valence-electron chi connectivity index (χ3n) is 1.89. The Morgan fingerprint density at radius 1 is 1.57 bits per heavy atom. The second-order valence-electron chi connectivity index (χ2n) is 3.02. The first-order chi connectivity index (χ1) is 6.65. The lowest BCUT2D eigenvalue weighted by molar-refractivity contribution is 0.682. The van der Waals surface area contributed by atoms with Crippen LogP contribution >= 0.6 is 15.9 Å². The molecule has 0 amide bonds. The minimum atomic E-state index is 0.0612. The van der Waals surface area contributed by atoms with Gasteiger partial charge in [-0.05, 0) is 35.8 Å². The number of pyridine rings is 1. The van der Waals surface area contributed by atoms with Crippen molar-refractivity contribution in [2.45, 2.75) is 26.8 Å². The van der Waals surface area contributed by atoms with Crippen LogP contribution in [-0.2, 0) is 6.54 Å². The summed E-state index contributed by atoms with van der Waals surface area (Å²) in [5, 5.41) is 0. The van der Waals surface area contributed by atoms with Crippen molar-refractivity contribution in [3.63, 3.8) is 0 Å². The number of aromatic nitrogens is 1. The van der Waals surface area contributed by atoms with E-state index in [1.165, 1.54) is 0 Å². The van der Waals surface area contributed by atoms with E-state index >= 15 is 0 Å². The summed E-state index contributed by atoms with van der Waals surface area (Å²) < 4.78 is 2.61. The van der Waals surface area contributed by atoms with Gasteiger partial charge in [-0.2, -0.15) is 0 Å². The van der Waals surface area contributed by atoms with E-state index in [2.05, 4.69) is 27.8 Å². The summed E-state index contributed by atoms with van der Waals surface area (Å²) in [4.78, 5) is 11.6. The van der Waals surface area contributed by atoms with Gasteiger partial charge in [0.05, 0.1) is 0 Å². The predicted octanol–water partition coefficient (Wildman–Crippen LogP) is 2.33. The van der Waals surface area contributed by atoms with Gasteiger partial charge in [0, 0.05) is 29.2 Å². The van der Waals surface area contributed by atoms with Crippen molar-refractivity contribution in [3.8, 4) is 11.8 Å². The molecular weight excluding hydrogens is 242 g/mol. The average Bonchev–Trinajstić information content (AvgIpc) is 2.13. The number of aryl methyl sites for hydroxylation is 2. The zero-order valence-electron chi connectivity index (χ0n) is 8.30. The summed E-state index contributed by atoms with van der Waals surface area (Å²) in [6, 6.07) is 1.82. The fourth-order valence-corrected chi connectivity index (χ4v) is 1.80. The van der Waals surface area contributed by atoms with Crippen molar-refractivity contribution in [1.29, 1.82) is 0 Å². The fourth-order valence-electron chi connectivity index (χ4n) is 1.21. The lowest BCUT2D eigenvalue weighted by Gasteiger charge is -2.04. The molecule has 74 valence electrons. The van der Waals surface area contributed by atoms with Crippen LogP contribution in [0.25, 0.3) is 0 Å². The van der Waals surface area contributed by atoms with Crippen LogP contribution in [0, 0.1) is 18.8 Å². The van der Waals surface area contributed by atoms with E-state index in [0.717, 1.165) is 10.0 Å². The van der Waals surface area contributed by atoms with Crippen LogP contribution in [0.4, 0.5) is 0 Å². The maximum Gasteiger partial charge on any atom is 0.253 e. The largest absolute Gasteiger partial charge is 0.313 e. The van der Waals surface area contributed by atoms with Gasteiger partial charge in [-0.25, -0.2) is 0 Å². The van der Waals surface area contributed by atoms with Crippen molar-refractivity contribution in [1.82, 2.24) is 4.57 Å². The molecule has 0 saturated carbocycles. The predicted molar refractivity (Wildman–Crippen MR) is 61.2 cm³/mol. The van der Waals surface area contributed by atoms with Crippen molar-refractivity contribution in [2.24, 2.45) is 0 Å². The highest BCUT2D eigenvalue weighted by Crippen LogP contribution is 2.08. The first-order valence-electron chi connectivity index (χ1n) is 4.41. The van der Waals surface area contributed by atoms with Crippen LogP contribution in [0.15, 0.2) is 21.5 Å². The molecule has 0 N–H and O–H groups in total. The first-order valence-corrected chi connectivity index (χ1v) is 5.20. The third-order valence-corrected chi connectivity index (χ3v) is 2.32. The average molecular weight is 254 g/mol. The normalized spacial score (nSPS) is 9.36. The molecule has 0 radical (unpaired) electrons. The van der Waals surface area contributed by atoms with Gasteiger partial charge < -0.3 is 4.57 Å². The molecule has 0 aliphatic carbocycles. The molecule has 1 rings (SSSR count). The van der Waals surface area contributed by atoms with Gasteiger partial charge in [0.1, 0.15) is 0 Å². The monoisotopic (exact) mass is 253 g/mol. The van der Waals surface area contributed by atoms with Gasteiger partial charge in [-0.15, -0.1) is 11.8 Å². The second kappa shape index (κ2) is 5.02. The van der Waals surface area contributed by atoms with Gasteiger partial charge in [-0.1, -0.05) is 0 Å². The van der Waals surface area contributed by atoms with Crippen LogP contribution in [0.2, 0.25) is 0 Å². The van der Waals surface area contributed by atoms with E-state index in [4.69, 9.17) is 0 Å². The zero-order valence-corrected chi connectivity index (χ0v) is 9.89. The summed E-state index contributed by atoms with van der Waals surface area (Å²) in [5.41, 5.74) is 0.815. The molecule has 14 heavy (non-hydrogen) atoms. The van der Waals surface area contributed by atoms with Crippen LogP contribution in [0.1, 0.15) is 18.9 Å². The van der Waals surface area contributed by atoms with E-state index in [-0.39, 0.29) is 5.56 Å². The van der Waals surface area contributed by atoms with E-state index in [9.17, 15) is 4.79 Å². The molecule has 3 heteroatoms. The topological polar surface area (TPSA) is 22.0 Å². The Balaban J connectivity index is 2.95. The fraction of sp³-hybridized carbons (Fsp3) is 0.364. The molecule has 1 aromatic rings. The lowest BCUT2D eigenvalue weighted by atomic mass is 10.3. The Bertz CT molecular complexity index is 437. The molecule has 0 aromatic carbocycles. The summed E-state index contributed by atoms with van der Waals surface area (Å²) in [7, 11) is 0. The molecule has 0 saturated heterocycles. The highest BCUT2D eigenvalue weighted by Gasteiger charge is 2.00. The van der Waals surface area contributed by atoms with E-state index in [1.807, 2.05) is 13.0 Å². The van der Waals surface area contributed by atoms with E-state index in [0.29, 0.717) is 13.0 Å². The number of halogens is 1. The minimum Gasteiger partial charge on any atom is -0.313 e. The molecule has 1 aromatic heterocycles.